The fourth-order valence-corrected chi connectivity index (χ4v) is 3.25. The highest BCUT2D eigenvalue weighted by molar-refractivity contribution is 6.30. The number of aliphatic carboxylic acids is 1. The molecule has 0 bridgehead atoms. The predicted octanol–water partition coefficient (Wildman–Crippen LogP) is 4.08. The van der Waals surface area contributed by atoms with Gasteiger partial charge in [0.05, 0.1) is 12.2 Å². The number of nitrogens with zero attached hydrogens (tertiary/aromatic N) is 2. The molecule has 1 atom stereocenters. The van der Waals surface area contributed by atoms with Crippen molar-refractivity contribution in [2.45, 2.75) is 13.0 Å². The van der Waals surface area contributed by atoms with E-state index < -0.39 is 17.9 Å². The standard InChI is InChI=1S/C21H17ClN4O3/c1-12-2-4-13(5-3-12)18-10-17(21(28)29)25-19-16(11-23-26(18)19)20(27)24-15-8-6-14(22)7-9-15/h2-11,18,25H,1H3,(H,24,27)(H,28,29)/t18-/m0/s1. The molecule has 1 aliphatic heterocycles. The lowest BCUT2D eigenvalue weighted by molar-refractivity contribution is -0.132. The summed E-state index contributed by atoms with van der Waals surface area (Å²) in [5.74, 6) is -1.20. The Kier molecular flexibility index (Phi) is 4.82. The number of nitrogens with one attached hydrogen (secondary N) is 2. The molecule has 0 unspecified atom stereocenters. The summed E-state index contributed by atoms with van der Waals surface area (Å²) in [5, 5.41) is 20.0. The molecule has 0 aliphatic carbocycles. The molecule has 2 heterocycles. The summed E-state index contributed by atoms with van der Waals surface area (Å²) >= 11 is 5.87. The number of carboxylic acid groups (broad SMARTS) is 1. The molecule has 7 nitrogen and oxygen atoms in total. The number of carbonyl (C=O) groups is 2. The minimum absolute atomic E-state index is 0.0101. The Morgan fingerprint density at radius 2 is 1.83 bits per heavy atom. The number of rotatable bonds is 4. The first-order chi connectivity index (χ1) is 13.9. The van der Waals surface area contributed by atoms with E-state index in [1.54, 1.807) is 35.0 Å². The number of carboxylic acids is 1. The van der Waals surface area contributed by atoms with Gasteiger partial charge < -0.3 is 15.7 Å². The molecular formula is C21H17ClN4O3. The molecule has 29 heavy (non-hydrogen) atoms. The van der Waals surface area contributed by atoms with Crippen LogP contribution in [0.25, 0.3) is 0 Å². The van der Waals surface area contributed by atoms with E-state index in [4.69, 9.17) is 11.6 Å². The number of allylic oxidation sites excluding steroid dienone is 1. The molecule has 0 spiro atoms. The summed E-state index contributed by atoms with van der Waals surface area (Å²) in [6, 6.07) is 14.0. The number of hydrogen-bond donors (Lipinski definition) is 3. The van der Waals surface area contributed by atoms with E-state index >= 15 is 0 Å². The topological polar surface area (TPSA) is 96.2 Å². The first kappa shape index (κ1) is 18.8. The van der Waals surface area contributed by atoms with Gasteiger partial charge in [-0.05, 0) is 42.8 Å². The van der Waals surface area contributed by atoms with Crippen LogP contribution in [-0.4, -0.2) is 26.8 Å². The van der Waals surface area contributed by atoms with Crippen LogP contribution >= 0.6 is 11.6 Å². The number of aryl methyl sites for hydroxylation is 1. The molecule has 3 aromatic rings. The van der Waals surface area contributed by atoms with Crippen molar-refractivity contribution in [3.63, 3.8) is 0 Å². The van der Waals surface area contributed by atoms with Gasteiger partial charge in [-0.3, -0.25) is 4.79 Å². The Labute approximate surface area is 171 Å². The number of benzene rings is 2. The number of amides is 1. The second kappa shape index (κ2) is 7.44. The second-order valence-corrected chi connectivity index (χ2v) is 7.11. The Morgan fingerprint density at radius 3 is 2.48 bits per heavy atom. The van der Waals surface area contributed by atoms with Crippen molar-refractivity contribution in [2.24, 2.45) is 0 Å². The lowest BCUT2D eigenvalue weighted by atomic mass is 10.0. The van der Waals surface area contributed by atoms with Gasteiger partial charge in [-0.15, -0.1) is 0 Å². The summed E-state index contributed by atoms with van der Waals surface area (Å²) in [6.45, 7) is 1.98. The molecule has 0 radical (unpaired) electrons. The maximum Gasteiger partial charge on any atom is 0.352 e. The largest absolute Gasteiger partial charge is 0.477 e. The van der Waals surface area contributed by atoms with Crippen LogP contribution in [-0.2, 0) is 4.79 Å². The summed E-state index contributed by atoms with van der Waals surface area (Å²) in [6.07, 6.45) is 3.00. The van der Waals surface area contributed by atoms with Gasteiger partial charge in [0.2, 0.25) is 0 Å². The fraction of sp³-hybridized carbons (Fsp3) is 0.0952. The van der Waals surface area contributed by atoms with Crippen LogP contribution in [0.5, 0.6) is 0 Å². The second-order valence-electron chi connectivity index (χ2n) is 6.68. The van der Waals surface area contributed by atoms with E-state index in [1.165, 1.54) is 6.20 Å². The zero-order valence-corrected chi connectivity index (χ0v) is 16.1. The van der Waals surface area contributed by atoms with Gasteiger partial charge in [0, 0.05) is 10.7 Å². The van der Waals surface area contributed by atoms with Crippen LogP contribution in [0.3, 0.4) is 0 Å². The normalized spacial score (nSPS) is 15.1. The first-order valence-electron chi connectivity index (χ1n) is 8.85. The van der Waals surface area contributed by atoms with Crippen LogP contribution < -0.4 is 10.6 Å². The maximum absolute atomic E-state index is 12.8. The third kappa shape index (κ3) is 3.72. The number of anilines is 2. The highest BCUT2D eigenvalue weighted by Gasteiger charge is 2.29. The van der Waals surface area contributed by atoms with Gasteiger partial charge in [-0.2, -0.15) is 5.10 Å². The molecule has 146 valence electrons. The first-order valence-corrected chi connectivity index (χ1v) is 9.23. The molecular weight excluding hydrogens is 392 g/mol. The van der Waals surface area contributed by atoms with E-state index in [0.29, 0.717) is 16.5 Å². The van der Waals surface area contributed by atoms with Crippen molar-refractivity contribution in [1.29, 1.82) is 0 Å². The predicted molar refractivity (Wildman–Crippen MR) is 110 cm³/mol. The maximum atomic E-state index is 12.8. The van der Waals surface area contributed by atoms with Crippen molar-refractivity contribution in [3.8, 4) is 0 Å². The number of hydrogen-bond acceptors (Lipinski definition) is 4. The van der Waals surface area contributed by atoms with Gasteiger partial charge in [0.1, 0.15) is 17.1 Å². The molecule has 0 fully saturated rings. The average Bonchev–Trinajstić information content (AvgIpc) is 3.14. The zero-order valence-electron chi connectivity index (χ0n) is 15.4. The highest BCUT2D eigenvalue weighted by Crippen LogP contribution is 2.32. The summed E-state index contributed by atoms with van der Waals surface area (Å²) < 4.78 is 1.61. The quantitative estimate of drug-likeness (QED) is 0.604. The molecule has 0 saturated heterocycles. The number of halogens is 1. The van der Waals surface area contributed by atoms with E-state index in [9.17, 15) is 14.7 Å². The highest BCUT2D eigenvalue weighted by atomic mass is 35.5. The van der Waals surface area contributed by atoms with Crippen molar-refractivity contribution >= 4 is 35.0 Å². The van der Waals surface area contributed by atoms with Crippen molar-refractivity contribution in [1.82, 2.24) is 9.78 Å². The van der Waals surface area contributed by atoms with Crippen LogP contribution in [0.2, 0.25) is 5.02 Å². The van der Waals surface area contributed by atoms with Crippen LogP contribution in [0.15, 0.2) is 66.5 Å². The fourth-order valence-electron chi connectivity index (χ4n) is 3.12. The van der Waals surface area contributed by atoms with Crippen molar-refractivity contribution in [3.05, 3.63) is 88.2 Å². The molecule has 1 amide bonds. The van der Waals surface area contributed by atoms with Gasteiger partial charge in [0.25, 0.3) is 5.91 Å². The smallest absolute Gasteiger partial charge is 0.352 e. The van der Waals surface area contributed by atoms with E-state index in [-0.39, 0.29) is 11.3 Å². The van der Waals surface area contributed by atoms with Crippen LogP contribution in [0.1, 0.15) is 27.5 Å². The molecule has 3 N–H and O–H groups in total. The number of aromatic nitrogens is 2. The van der Waals surface area contributed by atoms with Crippen LogP contribution in [0, 0.1) is 6.92 Å². The van der Waals surface area contributed by atoms with Crippen molar-refractivity contribution < 1.29 is 14.7 Å². The SMILES string of the molecule is Cc1ccc([C@@H]2C=C(C(=O)O)Nc3c(C(=O)Nc4ccc(Cl)cc4)cnn32)cc1. The monoisotopic (exact) mass is 408 g/mol. The molecule has 0 saturated carbocycles. The van der Waals surface area contributed by atoms with Gasteiger partial charge in [-0.25, -0.2) is 9.48 Å². The van der Waals surface area contributed by atoms with Gasteiger partial charge in [-0.1, -0.05) is 41.4 Å². The summed E-state index contributed by atoms with van der Waals surface area (Å²) in [5.41, 5.74) is 2.76. The molecule has 2 aromatic carbocycles. The minimum atomic E-state index is -1.11. The van der Waals surface area contributed by atoms with Gasteiger partial charge in [0.15, 0.2) is 0 Å². The average molecular weight is 409 g/mol. The summed E-state index contributed by atoms with van der Waals surface area (Å²) in [7, 11) is 0. The Bertz CT molecular complexity index is 1120. The molecule has 1 aliphatic rings. The molecule has 4 rings (SSSR count). The Morgan fingerprint density at radius 1 is 1.14 bits per heavy atom. The Hall–Kier alpha value is -3.58. The van der Waals surface area contributed by atoms with Crippen LogP contribution in [0.4, 0.5) is 11.5 Å². The summed E-state index contributed by atoms with van der Waals surface area (Å²) in [4.78, 5) is 24.4. The van der Waals surface area contributed by atoms with E-state index in [2.05, 4.69) is 15.7 Å². The molecule has 1 aromatic heterocycles. The van der Waals surface area contributed by atoms with Crippen molar-refractivity contribution in [2.75, 3.05) is 10.6 Å². The third-order valence-corrected chi connectivity index (χ3v) is 4.88. The lowest BCUT2D eigenvalue weighted by Crippen LogP contribution is -2.25. The third-order valence-electron chi connectivity index (χ3n) is 4.63. The Balaban J connectivity index is 1.70. The molecule has 8 heteroatoms. The number of fused-ring (bicyclic) bond motifs is 1. The lowest BCUT2D eigenvalue weighted by Gasteiger charge is -2.24. The minimum Gasteiger partial charge on any atom is -0.477 e. The zero-order chi connectivity index (χ0) is 20.5. The van der Waals surface area contributed by atoms with E-state index in [1.807, 2.05) is 31.2 Å². The number of carbonyl (C=O) groups excluding carboxylic acids is 1. The van der Waals surface area contributed by atoms with Gasteiger partial charge >= 0.3 is 5.97 Å². The van der Waals surface area contributed by atoms with E-state index in [0.717, 1.165) is 11.1 Å².